The molecule has 1 heteroatoms. The third-order valence-corrected chi connectivity index (χ3v) is 2.59. The molecule has 0 amide bonds. The molecule has 56 valence electrons. The monoisotopic (exact) mass is 137 g/mol. The van der Waals surface area contributed by atoms with Gasteiger partial charge in [-0.15, -0.1) is 0 Å². The van der Waals surface area contributed by atoms with Crippen LogP contribution in [0.3, 0.4) is 0 Å². The molecule has 0 N–H and O–H groups in total. The molecular formula is C9H15N. The molecule has 0 bridgehead atoms. The lowest BCUT2D eigenvalue weighted by Crippen LogP contribution is -2.12. The highest BCUT2D eigenvalue weighted by atomic mass is 14.4. The molecule has 0 spiro atoms. The second-order valence-corrected chi connectivity index (χ2v) is 3.57. The molecule has 1 saturated carbocycles. The molecule has 1 fully saturated rings. The van der Waals surface area contributed by atoms with E-state index in [2.05, 4.69) is 19.9 Å². The van der Waals surface area contributed by atoms with Crippen LogP contribution in [-0.2, 0) is 0 Å². The van der Waals surface area contributed by atoms with Gasteiger partial charge in [-0.3, -0.25) is 0 Å². The zero-order valence-electron chi connectivity index (χ0n) is 6.80. The second kappa shape index (κ2) is 3.05. The van der Waals surface area contributed by atoms with Crippen molar-refractivity contribution >= 4 is 0 Å². The molecule has 0 unspecified atom stereocenters. The van der Waals surface area contributed by atoms with Crippen LogP contribution < -0.4 is 0 Å². The molecule has 1 aliphatic carbocycles. The van der Waals surface area contributed by atoms with E-state index in [0.717, 1.165) is 6.42 Å². The van der Waals surface area contributed by atoms with Gasteiger partial charge in [0.1, 0.15) is 0 Å². The highest BCUT2D eigenvalue weighted by Gasteiger charge is 2.28. The highest BCUT2D eigenvalue weighted by molar-refractivity contribution is 4.93. The standard InChI is InChI=1S/C9H15N/c1-7(2)9-5-3-4-8(9)6-10/h7-9H,3-5H2,1-2H3/t8-,9+/m1/s1. The fraction of sp³-hybridized carbons (Fsp3) is 0.889. The summed E-state index contributed by atoms with van der Waals surface area (Å²) in [6.45, 7) is 4.45. The zero-order valence-corrected chi connectivity index (χ0v) is 6.80. The smallest absolute Gasteiger partial charge is 0.0658 e. The predicted octanol–water partition coefficient (Wildman–Crippen LogP) is 2.58. The molecule has 2 atom stereocenters. The molecule has 0 aromatic rings. The number of hydrogen-bond acceptors (Lipinski definition) is 1. The van der Waals surface area contributed by atoms with Crippen LogP contribution >= 0.6 is 0 Å². The number of hydrogen-bond donors (Lipinski definition) is 0. The van der Waals surface area contributed by atoms with Crippen LogP contribution in [0.25, 0.3) is 0 Å². The van der Waals surface area contributed by atoms with Crippen molar-refractivity contribution < 1.29 is 0 Å². The fourth-order valence-corrected chi connectivity index (χ4v) is 1.95. The fourth-order valence-electron chi connectivity index (χ4n) is 1.95. The molecule has 1 aliphatic rings. The second-order valence-electron chi connectivity index (χ2n) is 3.57. The maximum Gasteiger partial charge on any atom is 0.0658 e. The minimum Gasteiger partial charge on any atom is -0.198 e. The number of rotatable bonds is 1. The van der Waals surface area contributed by atoms with E-state index in [0.29, 0.717) is 17.8 Å². The van der Waals surface area contributed by atoms with Gasteiger partial charge in [-0.2, -0.15) is 5.26 Å². The Morgan fingerprint density at radius 3 is 2.50 bits per heavy atom. The van der Waals surface area contributed by atoms with Crippen molar-refractivity contribution in [2.45, 2.75) is 33.1 Å². The molecule has 0 aromatic carbocycles. The zero-order chi connectivity index (χ0) is 7.56. The Morgan fingerprint density at radius 2 is 2.10 bits per heavy atom. The third kappa shape index (κ3) is 1.31. The summed E-state index contributed by atoms with van der Waals surface area (Å²) in [4.78, 5) is 0. The molecule has 1 rings (SSSR count). The van der Waals surface area contributed by atoms with Gasteiger partial charge in [-0.1, -0.05) is 20.3 Å². The maximum absolute atomic E-state index is 8.74. The Labute approximate surface area is 63.0 Å². The summed E-state index contributed by atoms with van der Waals surface area (Å²) < 4.78 is 0. The summed E-state index contributed by atoms with van der Waals surface area (Å²) in [5, 5.41) is 8.74. The quantitative estimate of drug-likeness (QED) is 0.545. The van der Waals surface area contributed by atoms with Crippen molar-refractivity contribution in [1.29, 1.82) is 5.26 Å². The predicted molar refractivity (Wildman–Crippen MR) is 41.3 cm³/mol. The molecule has 0 aliphatic heterocycles. The minimum absolute atomic E-state index is 0.361. The average molecular weight is 137 g/mol. The Morgan fingerprint density at radius 1 is 1.40 bits per heavy atom. The summed E-state index contributed by atoms with van der Waals surface area (Å²) in [5.41, 5.74) is 0. The van der Waals surface area contributed by atoms with Crippen molar-refractivity contribution in [3.63, 3.8) is 0 Å². The molecular weight excluding hydrogens is 122 g/mol. The summed E-state index contributed by atoms with van der Waals surface area (Å²) in [6, 6.07) is 2.40. The van der Waals surface area contributed by atoms with Gasteiger partial charge in [0.05, 0.1) is 6.07 Å². The largest absolute Gasteiger partial charge is 0.198 e. The molecule has 0 aromatic heterocycles. The van der Waals surface area contributed by atoms with Crippen LogP contribution in [0.4, 0.5) is 0 Å². The number of nitrogens with zero attached hydrogens (tertiary/aromatic N) is 1. The summed E-state index contributed by atoms with van der Waals surface area (Å²) in [5.74, 6) is 1.75. The van der Waals surface area contributed by atoms with Crippen molar-refractivity contribution in [2.24, 2.45) is 17.8 Å². The van der Waals surface area contributed by atoms with Crippen LogP contribution in [0.15, 0.2) is 0 Å². The van der Waals surface area contributed by atoms with E-state index in [1.807, 2.05) is 0 Å². The van der Waals surface area contributed by atoms with E-state index >= 15 is 0 Å². The van der Waals surface area contributed by atoms with Crippen LogP contribution in [0.5, 0.6) is 0 Å². The topological polar surface area (TPSA) is 23.8 Å². The van der Waals surface area contributed by atoms with Crippen LogP contribution in [-0.4, -0.2) is 0 Å². The van der Waals surface area contributed by atoms with Gasteiger partial charge in [0.15, 0.2) is 0 Å². The molecule has 0 radical (unpaired) electrons. The van der Waals surface area contributed by atoms with Gasteiger partial charge in [0.2, 0.25) is 0 Å². The first-order valence-electron chi connectivity index (χ1n) is 4.15. The van der Waals surface area contributed by atoms with Crippen LogP contribution in [0, 0.1) is 29.1 Å². The third-order valence-electron chi connectivity index (χ3n) is 2.59. The van der Waals surface area contributed by atoms with E-state index in [4.69, 9.17) is 5.26 Å². The van der Waals surface area contributed by atoms with Gasteiger partial charge in [0, 0.05) is 5.92 Å². The normalized spacial score (nSPS) is 32.6. The lowest BCUT2D eigenvalue weighted by atomic mass is 9.87. The van der Waals surface area contributed by atoms with E-state index in [-0.39, 0.29) is 0 Å². The lowest BCUT2D eigenvalue weighted by molar-refractivity contribution is 0.344. The first kappa shape index (κ1) is 7.60. The van der Waals surface area contributed by atoms with E-state index < -0.39 is 0 Å². The highest BCUT2D eigenvalue weighted by Crippen LogP contribution is 2.35. The van der Waals surface area contributed by atoms with Crippen LogP contribution in [0.2, 0.25) is 0 Å². The van der Waals surface area contributed by atoms with Gasteiger partial charge < -0.3 is 0 Å². The first-order valence-corrected chi connectivity index (χ1v) is 4.15. The van der Waals surface area contributed by atoms with Gasteiger partial charge in [0.25, 0.3) is 0 Å². The SMILES string of the molecule is CC(C)[C@@H]1CCC[C@@H]1C#N. The lowest BCUT2D eigenvalue weighted by Gasteiger charge is -2.16. The average Bonchev–Trinajstić information content (AvgIpc) is 2.33. The molecule has 0 heterocycles. The van der Waals surface area contributed by atoms with Crippen molar-refractivity contribution in [1.82, 2.24) is 0 Å². The minimum atomic E-state index is 0.361. The van der Waals surface area contributed by atoms with Gasteiger partial charge in [-0.25, -0.2) is 0 Å². The summed E-state index contributed by atoms with van der Waals surface area (Å²) in [6.07, 6.45) is 3.68. The Hall–Kier alpha value is -0.510. The van der Waals surface area contributed by atoms with Crippen molar-refractivity contribution in [3.8, 4) is 6.07 Å². The van der Waals surface area contributed by atoms with Crippen LogP contribution in [0.1, 0.15) is 33.1 Å². The summed E-state index contributed by atoms with van der Waals surface area (Å²) in [7, 11) is 0. The number of nitriles is 1. The van der Waals surface area contributed by atoms with Crippen molar-refractivity contribution in [2.75, 3.05) is 0 Å². The molecule has 1 nitrogen and oxygen atoms in total. The molecule has 0 saturated heterocycles. The van der Waals surface area contributed by atoms with E-state index in [9.17, 15) is 0 Å². The van der Waals surface area contributed by atoms with E-state index in [1.54, 1.807) is 0 Å². The van der Waals surface area contributed by atoms with E-state index in [1.165, 1.54) is 12.8 Å². The molecule has 10 heavy (non-hydrogen) atoms. The van der Waals surface area contributed by atoms with Gasteiger partial charge in [-0.05, 0) is 24.7 Å². The first-order chi connectivity index (χ1) is 4.75. The van der Waals surface area contributed by atoms with Gasteiger partial charge >= 0.3 is 0 Å². The summed E-state index contributed by atoms with van der Waals surface area (Å²) >= 11 is 0. The Balaban J connectivity index is 2.52. The maximum atomic E-state index is 8.74. The van der Waals surface area contributed by atoms with Crippen molar-refractivity contribution in [3.05, 3.63) is 0 Å². The Kier molecular flexibility index (Phi) is 2.32. The Bertz CT molecular complexity index is 143.